The third-order valence-corrected chi connectivity index (χ3v) is 4.36. The Balaban J connectivity index is 1.95. The van der Waals surface area contributed by atoms with E-state index in [-0.39, 0.29) is 11.8 Å². The Morgan fingerprint density at radius 1 is 0.893 bits per heavy atom. The van der Waals surface area contributed by atoms with Crippen LogP contribution in [0.25, 0.3) is 0 Å². The highest BCUT2D eigenvalue weighted by Crippen LogP contribution is 2.26. The summed E-state index contributed by atoms with van der Waals surface area (Å²) in [5, 5.41) is 5.54. The minimum atomic E-state index is -0.263. The first-order valence-corrected chi connectivity index (χ1v) is 9.44. The van der Waals surface area contributed by atoms with Gasteiger partial charge in [-0.25, -0.2) is 0 Å². The SMILES string of the molecule is COCCNC(=O)c1ccc(NC(=O)c2ccc(OCCOC)c(Br)c2)cc1. The van der Waals surface area contributed by atoms with Gasteiger partial charge in [-0.2, -0.15) is 0 Å². The van der Waals surface area contributed by atoms with Gasteiger partial charge in [-0.05, 0) is 58.4 Å². The molecule has 7 nitrogen and oxygen atoms in total. The lowest BCUT2D eigenvalue weighted by Gasteiger charge is -2.10. The predicted molar refractivity (Wildman–Crippen MR) is 110 cm³/mol. The molecule has 8 heteroatoms. The van der Waals surface area contributed by atoms with Crippen LogP contribution in [0.4, 0.5) is 5.69 Å². The smallest absolute Gasteiger partial charge is 0.255 e. The number of methoxy groups -OCH3 is 2. The molecule has 0 unspecified atom stereocenters. The highest BCUT2D eigenvalue weighted by atomic mass is 79.9. The summed E-state index contributed by atoms with van der Waals surface area (Å²) >= 11 is 3.41. The fourth-order valence-corrected chi connectivity index (χ4v) is 2.76. The van der Waals surface area contributed by atoms with Crippen molar-refractivity contribution < 1.29 is 23.8 Å². The maximum Gasteiger partial charge on any atom is 0.255 e. The Morgan fingerprint density at radius 3 is 2.21 bits per heavy atom. The Hall–Kier alpha value is -2.42. The van der Waals surface area contributed by atoms with Gasteiger partial charge in [0.05, 0.1) is 17.7 Å². The third-order valence-electron chi connectivity index (χ3n) is 3.74. The van der Waals surface area contributed by atoms with Crippen molar-refractivity contribution in [2.24, 2.45) is 0 Å². The van der Waals surface area contributed by atoms with Crippen LogP contribution < -0.4 is 15.4 Å². The van der Waals surface area contributed by atoms with Gasteiger partial charge in [0.1, 0.15) is 12.4 Å². The van der Waals surface area contributed by atoms with E-state index in [9.17, 15) is 9.59 Å². The number of carbonyl (C=O) groups is 2. The second kappa shape index (κ2) is 11.4. The van der Waals surface area contributed by atoms with Crippen LogP contribution in [-0.2, 0) is 9.47 Å². The third kappa shape index (κ3) is 6.63. The quantitative estimate of drug-likeness (QED) is 0.543. The molecule has 2 rings (SSSR count). The largest absolute Gasteiger partial charge is 0.490 e. The molecule has 0 fully saturated rings. The fourth-order valence-electron chi connectivity index (χ4n) is 2.27. The van der Waals surface area contributed by atoms with Gasteiger partial charge in [0.2, 0.25) is 0 Å². The van der Waals surface area contributed by atoms with Crippen LogP contribution in [-0.4, -0.2) is 52.4 Å². The van der Waals surface area contributed by atoms with Gasteiger partial charge in [0, 0.05) is 37.6 Å². The number of rotatable bonds is 10. The Labute approximate surface area is 172 Å². The van der Waals surface area contributed by atoms with Crippen LogP contribution in [0.5, 0.6) is 5.75 Å². The van der Waals surface area contributed by atoms with Crippen molar-refractivity contribution in [2.75, 3.05) is 45.9 Å². The summed E-state index contributed by atoms with van der Waals surface area (Å²) in [7, 11) is 3.18. The van der Waals surface area contributed by atoms with E-state index in [0.717, 1.165) is 0 Å². The molecule has 0 heterocycles. The van der Waals surface area contributed by atoms with Crippen LogP contribution >= 0.6 is 15.9 Å². The minimum absolute atomic E-state index is 0.192. The molecule has 0 atom stereocenters. The van der Waals surface area contributed by atoms with E-state index in [2.05, 4.69) is 26.6 Å². The van der Waals surface area contributed by atoms with Gasteiger partial charge in [0.25, 0.3) is 11.8 Å². The first-order valence-electron chi connectivity index (χ1n) is 8.65. The maximum atomic E-state index is 12.4. The normalized spacial score (nSPS) is 10.4. The van der Waals surface area contributed by atoms with E-state index in [0.29, 0.717) is 53.4 Å². The molecule has 0 aliphatic carbocycles. The van der Waals surface area contributed by atoms with Crippen molar-refractivity contribution in [1.82, 2.24) is 5.32 Å². The highest BCUT2D eigenvalue weighted by Gasteiger charge is 2.11. The average molecular weight is 451 g/mol. The number of halogens is 1. The molecule has 2 N–H and O–H groups in total. The number of hydrogen-bond donors (Lipinski definition) is 2. The number of hydrogen-bond acceptors (Lipinski definition) is 5. The molecule has 0 saturated carbocycles. The average Bonchev–Trinajstić information content (AvgIpc) is 2.70. The van der Waals surface area contributed by atoms with Crippen LogP contribution in [0, 0.1) is 0 Å². The van der Waals surface area contributed by atoms with Crippen molar-refractivity contribution in [3.8, 4) is 5.75 Å². The van der Waals surface area contributed by atoms with Crippen LogP contribution in [0.1, 0.15) is 20.7 Å². The summed E-state index contributed by atoms with van der Waals surface area (Å²) in [5.74, 6) is 0.182. The first kappa shape index (κ1) is 21.9. The molecule has 150 valence electrons. The molecular formula is C20H23BrN2O5. The number of nitrogens with one attached hydrogen (secondary N) is 2. The second-order valence-electron chi connectivity index (χ2n) is 5.77. The van der Waals surface area contributed by atoms with Crippen molar-refractivity contribution >= 4 is 33.4 Å². The number of ether oxygens (including phenoxy) is 3. The van der Waals surface area contributed by atoms with E-state index in [4.69, 9.17) is 14.2 Å². The molecule has 2 aromatic rings. The van der Waals surface area contributed by atoms with Gasteiger partial charge < -0.3 is 24.8 Å². The molecule has 2 aromatic carbocycles. The van der Waals surface area contributed by atoms with Crippen LogP contribution in [0.2, 0.25) is 0 Å². The molecule has 0 aromatic heterocycles. The zero-order valence-electron chi connectivity index (χ0n) is 15.8. The van der Waals surface area contributed by atoms with Crippen molar-refractivity contribution in [3.05, 3.63) is 58.1 Å². The molecule has 0 bridgehead atoms. The fraction of sp³-hybridized carbons (Fsp3) is 0.300. The summed E-state index contributed by atoms with van der Waals surface area (Å²) in [4.78, 5) is 24.4. The van der Waals surface area contributed by atoms with E-state index in [1.807, 2.05) is 0 Å². The summed E-state index contributed by atoms with van der Waals surface area (Å²) in [5.41, 5.74) is 1.58. The molecule has 0 spiro atoms. The van der Waals surface area contributed by atoms with Crippen LogP contribution in [0.15, 0.2) is 46.9 Å². The highest BCUT2D eigenvalue weighted by molar-refractivity contribution is 9.10. The predicted octanol–water partition coefficient (Wildman–Crippen LogP) is 3.10. The Morgan fingerprint density at radius 2 is 1.57 bits per heavy atom. The Kier molecular flexibility index (Phi) is 8.93. The monoisotopic (exact) mass is 450 g/mol. The molecule has 2 amide bonds. The van der Waals surface area contributed by atoms with Gasteiger partial charge in [-0.3, -0.25) is 9.59 Å². The van der Waals surface area contributed by atoms with Crippen molar-refractivity contribution in [3.63, 3.8) is 0 Å². The summed E-state index contributed by atoms with van der Waals surface area (Å²) in [6.45, 7) is 1.79. The molecule has 0 aliphatic rings. The lowest BCUT2D eigenvalue weighted by atomic mass is 10.1. The standard InChI is InChI=1S/C20H23BrN2O5/c1-26-10-9-22-19(24)14-3-6-16(7-4-14)23-20(25)15-5-8-18(17(21)13-15)28-12-11-27-2/h3-8,13H,9-12H2,1-2H3,(H,22,24)(H,23,25). The zero-order chi connectivity index (χ0) is 20.4. The topological polar surface area (TPSA) is 85.9 Å². The molecule has 0 radical (unpaired) electrons. The number of benzene rings is 2. The number of anilines is 1. The van der Waals surface area contributed by atoms with Gasteiger partial charge >= 0.3 is 0 Å². The second-order valence-corrected chi connectivity index (χ2v) is 6.62. The maximum absolute atomic E-state index is 12.4. The zero-order valence-corrected chi connectivity index (χ0v) is 17.4. The lowest BCUT2D eigenvalue weighted by Crippen LogP contribution is -2.26. The van der Waals surface area contributed by atoms with E-state index >= 15 is 0 Å². The Bertz CT molecular complexity index is 796. The van der Waals surface area contributed by atoms with E-state index in [1.54, 1.807) is 56.7 Å². The summed E-state index contributed by atoms with van der Waals surface area (Å²) < 4.78 is 16.1. The molecule has 0 saturated heterocycles. The molecule has 0 aliphatic heterocycles. The van der Waals surface area contributed by atoms with E-state index < -0.39 is 0 Å². The molecular weight excluding hydrogens is 428 g/mol. The van der Waals surface area contributed by atoms with Gasteiger partial charge in [-0.1, -0.05) is 0 Å². The van der Waals surface area contributed by atoms with Gasteiger partial charge in [-0.15, -0.1) is 0 Å². The van der Waals surface area contributed by atoms with Gasteiger partial charge in [0.15, 0.2) is 0 Å². The van der Waals surface area contributed by atoms with Crippen LogP contribution in [0.3, 0.4) is 0 Å². The summed E-state index contributed by atoms with van der Waals surface area (Å²) in [6, 6.07) is 11.8. The first-order chi connectivity index (χ1) is 13.5. The molecule has 28 heavy (non-hydrogen) atoms. The number of amides is 2. The number of carbonyl (C=O) groups excluding carboxylic acids is 2. The minimum Gasteiger partial charge on any atom is -0.490 e. The van der Waals surface area contributed by atoms with Crippen molar-refractivity contribution in [2.45, 2.75) is 0 Å². The lowest BCUT2D eigenvalue weighted by molar-refractivity contribution is 0.0936. The summed E-state index contributed by atoms with van der Waals surface area (Å²) in [6.07, 6.45) is 0. The van der Waals surface area contributed by atoms with E-state index in [1.165, 1.54) is 0 Å². The van der Waals surface area contributed by atoms with Crippen molar-refractivity contribution in [1.29, 1.82) is 0 Å².